The van der Waals surface area contributed by atoms with Crippen LogP contribution in [0.2, 0.25) is 0 Å². The predicted octanol–water partition coefficient (Wildman–Crippen LogP) is 5.14. The molecule has 0 aromatic heterocycles. The molecule has 0 N–H and O–H groups in total. The Kier molecular flexibility index (Phi) is 4.21. The zero-order chi connectivity index (χ0) is 19.4. The summed E-state index contributed by atoms with van der Waals surface area (Å²) >= 11 is 0. The molecule has 144 valence electrons. The number of allylic oxidation sites excluding steroid dienone is 2. The second-order valence-corrected chi connectivity index (χ2v) is 9.69. The van der Waals surface area contributed by atoms with Crippen LogP contribution in [0.15, 0.2) is 24.3 Å². The molecule has 2 heterocycles. The van der Waals surface area contributed by atoms with Gasteiger partial charge in [0.2, 0.25) is 11.4 Å². The smallest absolute Gasteiger partial charge is 0.254 e. The van der Waals surface area contributed by atoms with Crippen LogP contribution in [0, 0.1) is 16.0 Å². The first-order valence-electron chi connectivity index (χ1n) is 10.2. The number of rotatable bonds is 1. The first kappa shape index (κ1) is 18.3. The van der Waals surface area contributed by atoms with Gasteiger partial charge in [-0.15, -0.1) is 0 Å². The van der Waals surface area contributed by atoms with Gasteiger partial charge in [0.25, 0.3) is 5.91 Å². The van der Waals surface area contributed by atoms with Crippen molar-refractivity contribution in [3.8, 4) is 0 Å². The molecule has 1 aliphatic carbocycles. The van der Waals surface area contributed by atoms with Gasteiger partial charge in [-0.05, 0) is 50.7 Å². The monoisotopic (exact) mass is 366 g/mol. The highest BCUT2D eigenvalue weighted by molar-refractivity contribution is 6.28. The lowest BCUT2D eigenvalue weighted by molar-refractivity contribution is -0.361. The number of nitrogens with zero attached hydrogens (tertiary/aromatic N) is 2. The summed E-state index contributed by atoms with van der Waals surface area (Å²) in [5.41, 5.74) is 3.98. The number of fused-ring (bicyclic) bond motifs is 3. The summed E-state index contributed by atoms with van der Waals surface area (Å²) in [7, 11) is 0. The molecule has 2 aliphatic heterocycles. The number of carbonyl (C=O) groups is 1. The van der Waals surface area contributed by atoms with E-state index in [4.69, 9.17) is 0 Å². The Hall–Kier alpha value is -2.10. The maximum absolute atomic E-state index is 13.2. The Morgan fingerprint density at radius 2 is 1.74 bits per heavy atom. The van der Waals surface area contributed by atoms with E-state index in [0.29, 0.717) is 11.3 Å². The lowest BCUT2D eigenvalue weighted by Crippen LogP contribution is -2.36. The van der Waals surface area contributed by atoms with Gasteiger partial charge in [0.05, 0.1) is 16.6 Å². The molecule has 1 aromatic carbocycles. The number of likely N-dealkylation sites (tertiary alicyclic amines) is 1. The van der Waals surface area contributed by atoms with Crippen LogP contribution in [0.4, 0.5) is 5.69 Å². The van der Waals surface area contributed by atoms with Crippen molar-refractivity contribution in [3.63, 3.8) is 0 Å². The molecular weight excluding hydrogens is 336 g/mol. The fourth-order valence-corrected chi connectivity index (χ4v) is 5.32. The van der Waals surface area contributed by atoms with E-state index >= 15 is 0 Å². The Labute approximate surface area is 162 Å². The van der Waals surface area contributed by atoms with Crippen molar-refractivity contribution in [1.82, 2.24) is 4.90 Å². The highest BCUT2D eigenvalue weighted by atomic mass is 16.5. The molecule has 1 aromatic rings. The number of hydrogen-bond donors (Lipinski definition) is 0. The number of benzene rings is 1. The Balaban J connectivity index is 1.75. The van der Waals surface area contributed by atoms with E-state index in [1.165, 1.54) is 12.8 Å². The molecule has 3 aliphatic rings. The van der Waals surface area contributed by atoms with Crippen molar-refractivity contribution in [3.05, 3.63) is 40.6 Å². The minimum absolute atomic E-state index is 0.0469. The highest BCUT2D eigenvalue weighted by Crippen LogP contribution is 2.50. The third-order valence-electron chi connectivity index (χ3n) is 6.18. The number of hydrogen-bond acceptors (Lipinski definition) is 2. The molecule has 0 saturated carbocycles. The van der Waals surface area contributed by atoms with E-state index < -0.39 is 0 Å². The second-order valence-electron chi connectivity index (χ2n) is 9.69. The topological polar surface area (TPSA) is 46.4 Å². The van der Waals surface area contributed by atoms with Gasteiger partial charge < -0.3 is 10.1 Å². The molecule has 4 heteroatoms. The van der Waals surface area contributed by atoms with Crippen LogP contribution in [0.5, 0.6) is 0 Å². The predicted molar refractivity (Wildman–Crippen MR) is 109 cm³/mol. The SMILES string of the molecule is CC1(C)C=C2C(=[N+]([O-])c3cc(C(=O)N4CCCCCC4)ccc32)C(C)(C)C1. The van der Waals surface area contributed by atoms with E-state index in [-0.39, 0.29) is 16.7 Å². The minimum atomic E-state index is -0.191. The standard InChI is InChI=1S/C23H30N2O2/c1-22(2)14-18-17-10-9-16(21(26)24-11-7-5-6-8-12-24)13-19(17)25(27)20(18)23(3,4)15-22/h9-10,13-14H,5-8,11-12,15H2,1-4H3. The summed E-state index contributed by atoms with van der Waals surface area (Å²) in [5.74, 6) is 0.0570. The van der Waals surface area contributed by atoms with Gasteiger partial charge in [-0.1, -0.05) is 32.8 Å². The van der Waals surface area contributed by atoms with Gasteiger partial charge in [0, 0.05) is 24.7 Å². The van der Waals surface area contributed by atoms with Gasteiger partial charge in [-0.2, -0.15) is 4.74 Å². The van der Waals surface area contributed by atoms with Gasteiger partial charge in [-0.25, -0.2) is 0 Å². The molecule has 4 rings (SSSR count). The fourth-order valence-electron chi connectivity index (χ4n) is 5.32. The molecule has 1 saturated heterocycles. The average molecular weight is 367 g/mol. The van der Waals surface area contributed by atoms with Crippen LogP contribution in [0.3, 0.4) is 0 Å². The second kappa shape index (κ2) is 6.22. The van der Waals surface area contributed by atoms with Gasteiger partial charge >= 0.3 is 0 Å². The average Bonchev–Trinajstić information content (AvgIpc) is 2.77. The molecule has 1 amide bonds. The minimum Gasteiger partial charge on any atom is -0.618 e. The summed E-state index contributed by atoms with van der Waals surface area (Å²) in [5, 5.41) is 13.2. The van der Waals surface area contributed by atoms with Crippen molar-refractivity contribution in [2.75, 3.05) is 13.1 Å². The maximum atomic E-state index is 13.2. The van der Waals surface area contributed by atoms with Crippen molar-refractivity contribution in [1.29, 1.82) is 0 Å². The summed E-state index contributed by atoms with van der Waals surface area (Å²) in [6.07, 6.45) is 7.70. The highest BCUT2D eigenvalue weighted by Gasteiger charge is 2.48. The van der Waals surface area contributed by atoms with Crippen LogP contribution >= 0.6 is 0 Å². The lowest BCUT2D eigenvalue weighted by Gasteiger charge is -2.36. The summed E-state index contributed by atoms with van der Waals surface area (Å²) in [4.78, 5) is 14.9. The van der Waals surface area contributed by atoms with Crippen molar-refractivity contribution >= 4 is 22.9 Å². The number of carbonyl (C=O) groups excluding carboxylic acids is 1. The molecule has 0 bridgehead atoms. The molecule has 1 fully saturated rings. The summed E-state index contributed by atoms with van der Waals surface area (Å²) in [6, 6.07) is 5.69. The van der Waals surface area contributed by atoms with Gasteiger partial charge in [0.15, 0.2) is 0 Å². The normalized spacial score (nSPS) is 23.4. The van der Waals surface area contributed by atoms with Crippen LogP contribution < -0.4 is 0 Å². The molecule has 0 radical (unpaired) electrons. The first-order valence-corrected chi connectivity index (χ1v) is 10.2. The molecule has 0 atom stereocenters. The first-order chi connectivity index (χ1) is 12.7. The number of amides is 1. The van der Waals surface area contributed by atoms with Crippen molar-refractivity contribution in [2.24, 2.45) is 10.8 Å². The molecule has 0 spiro atoms. The molecule has 27 heavy (non-hydrogen) atoms. The van der Waals surface area contributed by atoms with Crippen LogP contribution in [-0.2, 0) is 0 Å². The van der Waals surface area contributed by atoms with Crippen LogP contribution in [0.1, 0.15) is 75.7 Å². The van der Waals surface area contributed by atoms with E-state index in [1.54, 1.807) is 0 Å². The van der Waals surface area contributed by atoms with Crippen molar-refractivity contribution < 1.29 is 9.53 Å². The molecule has 0 unspecified atom stereocenters. The fraction of sp³-hybridized carbons (Fsp3) is 0.565. The molecule has 4 nitrogen and oxygen atoms in total. The third kappa shape index (κ3) is 3.09. The van der Waals surface area contributed by atoms with E-state index in [9.17, 15) is 10.0 Å². The Morgan fingerprint density at radius 3 is 2.41 bits per heavy atom. The quantitative estimate of drug-likeness (QED) is 0.510. The van der Waals surface area contributed by atoms with E-state index in [1.807, 2.05) is 23.1 Å². The van der Waals surface area contributed by atoms with Gasteiger partial charge in [0.1, 0.15) is 0 Å². The Morgan fingerprint density at radius 1 is 1.07 bits per heavy atom. The van der Waals surface area contributed by atoms with Crippen LogP contribution in [-0.4, -0.2) is 34.3 Å². The van der Waals surface area contributed by atoms with E-state index in [2.05, 4.69) is 33.8 Å². The largest absolute Gasteiger partial charge is 0.618 e. The Bertz CT molecular complexity index is 853. The molecular formula is C23H30N2O2. The van der Waals surface area contributed by atoms with E-state index in [0.717, 1.165) is 53.9 Å². The lowest BCUT2D eigenvalue weighted by atomic mass is 9.65. The van der Waals surface area contributed by atoms with Gasteiger partial charge in [-0.3, -0.25) is 4.79 Å². The summed E-state index contributed by atoms with van der Waals surface area (Å²) in [6.45, 7) is 10.4. The third-order valence-corrected chi connectivity index (χ3v) is 6.18. The van der Waals surface area contributed by atoms with Crippen LogP contribution in [0.25, 0.3) is 5.57 Å². The maximum Gasteiger partial charge on any atom is 0.254 e. The van der Waals surface area contributed by atoms with Crippen molar-refractivity contribution in [2.45, 2.75) is 59.8 Å². The summed E-state index contributed by atoms with van der Waals surface area (Å²) < 4.78 is 1.08. The zero-order valence-electron chi connectivity index (χ0n) is 17.0. The zero-order valence-corrected chi connectivity index (χ0v) is 17.0.